The molecule has 2 heterocycles. The summed E-state index contributed by atoms with van der Waals surface area (Å²) in [6.45, 7) is 2.11. The maximum absolute atomic E-state index is 12.1. The number of rotatable bonds is 2. The summed E-state index contributed by atoms with van der Waals surface area (Å²) in [6.07, 6.45) is 0.0321. The van der Waals surface area contributed by atoms with Crippen LogP contribution in [0.25, 0.3) is 10.2 Å². The molecule has 1 aliphatic heterocycles. The van der Waals surface area contributed by atoms with Crippen LogP contribution in [0.4, 0.5) is 10.8 Å². The molecule has 1 aromatic heterocycles. The molecule has 1 aromatic carbocycles. The van der Waals surface area contributed by atoms with Crippen molar-refractivity contribution in [1.82, 2.24) is 4.98 Å². The Hall–Kier alpha value is -2.15. The molecule has 1 saturated heterocycles. The monoisotopic (exact) mass is 291 g/mol. The maximum atomic E-state index is 12.1. The van der Waals surface area contributed by atoms with E-state index >= 15 is 0 Å². The molecule has 1 atom stereocenters. The van der Waals surface area contributed by atoms with Gasteiger partial charge in [0.05, 0.1) is 16.3 Å². The predicted octanol–water partition coefficient (Wildman–Crippen LogP) is 1.62. The Kier molecular flexibility index (Phi) is 2.86. The molecule has 104 valence electrons. The van der Waals surface area contributed by atoms with Crippen LogP contribution in [-0.4, -0.2) is 28.5 Å². The lowest BCUT2D eigenvalue weighted by atomic mass is 10.1. The number of aliphatic carboxylic acids is 1. The second-order valence-electron chi connectivity index (χ2n) is 4.93. The number of anilines is 2. The molecule has 20 heavy (non-hydrogen) atoms. The molecule has 7 heteroatoms. The molecular weight excluding hydrogens is 278 g/mol. The van der Waals surface area contributed by atoms with E-state index in [2.05, 4.69) is 4.98 Å². The van der Waals surface area contributed by atoms with Gasteiger partial charge in [-0.2, -0.15) is 0 Å². The average Bonchev–Trinajstić information content (AvgIpc) is 2.90. The number of fused-ring (bicyclic) bond motifs is 1. The molecular formula is C13H13N3O3S. The van der Waals surface area contributed by atoms with Crippen LogP contribution < -0.4 is 10.6 Å². The molecule has 1 aliphatic rings. The number of carboxylic acid groups (broad SMARTS) is 1. The second-order valence-corrected chi connectivity index (χ2v) is 5.99. The lowest BCUT2D eigenvalue weighted by Gasteiger charge is -2.17. The third kappa shape index (κ3) is 2.00. The number of nitrogen functional groups attached to an aromatic ring is 1. The number of carbonyl (C=O) groups excluding carboxylic acids is 1. The van der Waals surface area contributed by atoms with Crippen LogP contribution in [0.5, 0.6) is 0 Å². The Balaban J connectivity index is 2.10. The van der Waals surface area contributed by atoms with E-state index in [9.17, 15) is 9.59 Å². The van der Waals surface area contributed by atoms with Gasteiger partial charge in [-0.05, 0) is 24.6 Å². The fourth-order valence-electron chi connectivity index (χ4n) is 2.47. The van der Waals surface area contributed by atoms with Crippen LogP contribution >= 0.6 is 11.3 Å². The van der Waals surface area contributed by atoms with Gasteiger partial charge < -0.3 is 15.7 Å². The van der Waals surface area contributed by atoms with Crippen molar-refractivity contribution in [1.29, 1.82) is 0 Å². The number of carboxylic acids is 1. The number of hydrogen-bond acceptors (Lipinski definition) is 5. The van der Waals surface area contributed by atoms with E-state index in [4.69, 9.17) is 10.8 Å². The Bertz CT molecular complexity index is 725. The highest BCUT2D eigenvalue weighted by Crippen LogP contribution is 2.35. The quantitative estimate of drug-likeness (QED) is 0.876. The van der Waals surface area contributed by atoms with Crippen molar-refractivity contribution >= 4 is 44.2 Å². The minimum Gasteiger partial charge on any atom is -0.481 e. The first-order valence-corrected chi connectivity index (χ1v) is 6.97. The number of thiazole rings is 1. The van der Waals surface area contributed by atoms with Crippen LogP contribution in [0.1, 0.15) is 12.0 Å². The predicted molar refractivity (Wildman–Crippen MR) is 76.9 cm³/mol. The third-order valence-corrected chi connectivity index (χ3v) is 4.23. The average molecular weight is 291 g/mol. The van der Waals surface area contributed by atoms with Gasteiger partial charge in [0.15, 0.2) is 5.13 Å². The van der Waals surface area contributed by atoms with Crippen molar-refractivity contribution in [3.8, 4) is 0 Å². The van der Waals surface area contributed by atoms with Crippen LogP contribution in [0, 0.1) is 12.8 Å². The number of nitrogens with zero attached hydrogens (tertiary/aromatic N) is 2. The van der Waals surface area contributed by atoms with E-state index < -0.39 is 11.9 Å². The minimum absolute atomic E-state index is 0.0321. The zero-order chi connectivity index (χ0) is 14.4. The summed E-state index contributed by atoms with van der Waals surface area (Å²) in [5.41, 5.74) is 8.04. The van der Waals surface area contributed by atoms with E-state index in [0.717, 1.165) is 10.3 Å². The Morgan fingerprint density at radius 3 is 2.95 bits per heavy atom. The molecule has 0 spiro atoms. The minimum atomic E-state index is -0.942. The highest BCUT2D eigenvalue weighted by Gasteiger charge is 2.36. The molecule has 3 rings (SSSR count). The summed E-state index contributed by atoms with van der Waals surface area (Å²) >= 11 is 1.36. The highest BCUT2D eigenvalue weighted by molar-refractivity contribution is 7.22. The smallest absolute Gasteiger partial charge is 0.308 e. The Morgan fingerprint density at radius 1 is 1.55 bits per heavy atom. The van der Waals surface area contributed by atoms with Gasteiger partial charge in [0.25, 0.3) is 0 Å². The molecule has 6 nitrogen and oxygen atoms in total. The number of aryl methyl sites for hydroxylation is 1. The number of nitrogens with two attached hydrogens (primary N) is 1. The number of benzene rings is 1. The number of amides is 1. The van der Waals surface area contributed by atoms with Crippen molar-refractivity contribution < 1.29 is 14.7 Å². The van der Waals surface area contributed by atoms with E-state index in [1.54, 1.807) is 0 Å². The van der Waals surface area contributed by atoms with Gasteiger partial charge >= 0.3 is 5.97 Å². The van der Waals surface area contributed by atoms with Crippen LogP contribution in [0.2, 0.25) is 0 Å². The lowest BCUT2D eigenvalue weighted by molar-refractivity contribution is -0.141. The summed E-state index contributed by atoms with van der Waals surface area (Å²) < 4.78 is 0.907. The first kappa shape index (κ1) is 12.9. The summed E-state index contributed by atoms with van der Waals surface area (Å²) in [7, 11) is 0. The molecule has 0 unspecified atom stereocenters. The SMILES string of the molecule is Cc1cc(N2C[C@@H](C(=O)O)CC2=O)c2nc(N)sc2c1. The Labute approximate surface area is 118 Å². The van der Waals surface area contributed by atoms with E-state index in [0.29, 0.717) is 16.3 Å². The van der Waals surface area contributed by atoms with Crippen molar-refractivity contribution in [3.63, 3.8) is 0 Å². The number of carbonyl (C=O) groups is 2. The fraction of sp³-hybridized carbons (Fsp3) is 0.308. The molecule has 0 bridgehead atoms. The molecule has 2 aromatic rings. The molecule has 0 aliphatic carbocycles. The van der Waals surface area contributed by atoms with Crippen molar-refractivity contribution in [2.24, 2.45) is 5.92 Å². The van der Waals surface area contributed by atoms with Gasteiger partial charge in [0, 0.05) is 13.0 Å². The maximum Gasteiger partial charge on any atom is 0.308 e. The summed E-state index contributed by atoms with van der Waals surface area (Å²) in [5.74, 6) is -1.78. The molecule has 0 radical (unpaired) electrons. The fourth-order valence-corrected chi connectivity index (χ4v) is 3.33. The third-order valence-electron chi connectivity index (χ3n) is 3.40. The van der Waals surface area contributed by atoms with Gasteiger partial charge in [-0.15, -0.1) is 0 Å². The van der Waals surface area contributed by atoms with Gasteiger partial charge in [-0.1, -0.05) is 11.3 Å². The zero-order valence-corrected chi connectivity index (χ0v) is 11.6. The Morgan fingerprint density at radius 2 is 2.30 bits per heavy atom. The molecule has 3 N–H and O–H groups in total. The van der Waals surface area contributed by atoms with E-state index in [1.807, 2.05) is 19.1 Å². The first-order valence-electron chi connectivity index (χ1n) is 6.15. The molecule has 0 saturated carbocycles. The van der Waals surface area contributed by atoms with E-state index in [-0.39, 0.29) is 18.9 Å². The van der Waals surface area contributed by atoms with Gasteiger partial charge in [-0.3, -0.25) is 9.59 Å². The second kappa shape index (κ2) is 4.45. The number of hydrogen-bond donors (Lipinski definition) is 2. The van der Waals surface area contributed by atoms with Gasteiger partial charge in [-0.25, -0.2) is 4.98 Å². The van der Waals surface area contributed by atoms with Gasteiger partial charge in [0.2, 0.25) is 5.91 Å². The number of aromatic nitrogens is 1. The summed E-state index contributed by atoms with van der Waals surface area (Å²) in [5, 5.41) is 9.49. The largest absolute Gasteiger partial charge is 0.481 e. The molecule has 1 fully saturated rings. The summed E-state index contributed by atoms with van der Waals surface area (Å²) in [4.78, 5) is 28.9. The van der Waals surface area contributed by atoms with E-state index in [1.165, 1.54) is 16.2 Å². The van der Waals surface area contributed by atoms with Crippen molar-refractivity contribution in [2.75, 3.05) is 17.2 Å². The standard InChI is InChI=1S/C13H13N3O3S/c1-6-2-8(11-9(3-6)20-13(14)15-11)16-5-7(12(18)19)4-10(16)17/h2-3,7H,4-5H2,1H3,(H2,14,15)(H,18,19)/t7-/m0/s1. The van der Waals surface area contributed by atoms with Crippen LogP contribution in [-0.2, 0) is 9.59 Å². The summed E-state index contributed by atoms with van der Waals surface area (Å²) in [6, 6.07) is 3.81. The van der Waals surface area contributed by atoms with Crippen LogP contribution in [0.15, 0.2) is 12.1 Å². The zero-order valence-electron chi connectivity index (χ0n) is 10.8. The normalized spacial score (nSPS) is 18.9. The topological polar surface area (TPSA) is 96.5 Å². The first-order chi connectivity index (χ1) is 9.45. The van der Waals surface area contributed by atoms with Gasteiger partial charge in [0.1, 0.15) is 5.52 Å². The van der Waals surface area contributed by atoms with Crippen molar-refractivity contribution in [2.45, 2.75) is 13.3 Å². The van der Waals surface area contributed by atoms with Crippen molar-refractivity contribution in [3.05, 3.63) is 17.7 Å². The highest BCUT2D eigenvalue weighted by atomic mass is 32.1. The lowest BCUT2D eigenvalue weighted by Crippen LogP contribution is -2.26. The van der Waals surface area contributed by atoms with Crippen LogP contribution in [0.3, 0.4) is 0 Å². The molecule has 1 amide bonds.